The third-order valence-corrected chi connectivity index (χ3v) is 6.30. The summed E-state index contributed by atoms with van der Waals surface area (Å²) in [6, 6.07) is 22.9. The Morgan fingerprint density at radius 3 is 2.31 bits per heavy atom. The maximum Gasteiger partial charge on any atom is 0.269 e. The quantitative estimate of drug-likeness (QED) is 0.309. The van der Waals surface area contributed by atoms with Gasteiger partial charge in [0.25, 0.3) is 5.69 Å². The van der Waals surface area contributed by atoms with Crippen LogP contribution in [-0.4, -0.2) is 43.7 Å². The van der Waals surface area contributed by atoms with Gasteiger partial charge in [-0.3, -0.25) is 14.9 Å². The second-order valence-corrected chi connectivity index (χ2v) is 8.63. The fraction of sp³-hybridized carbons (Fsp3) is 0.143. The highest BCUT2D eigenvalue weighted by molar-refractivity contribution is 5.82. The smallest absolute Gasteiger partial charge is 0.269 e. The number of carbonyl (C=O) groups is 1. The molecule has 8 nitrogen and oxygen atoms in total. The molecule has 0 radical (unpaired) electrons. The van der Waals surface area contributed by atoms with Gasteiger partial charge in [0.05, 0.1) is 22.7 Å². The molecule has 8 heteroatoms. The third kappa shape index (κ3) is 4.88. The van der Waals surface area contributed by atoms with Crippen molar-refractivity contribution < 1.29 is 14.8 Å². The number of hydrogen-bond donors (Lipinski definition) is 1. The number of phenols is 1. The molecule has 180 valence electrons. The standard InChI is InChI=1S/C28H24N4O4/c33-26-12-8-20(9-13-26)21-14-16-30(17-15-21)27(34)18-23-19-31(24-4-2-1-3-5-24)29-28(23)22-6-10-25(11-7-22)32(35)36/h1-14,19,33H,15-18H2. The number of hydrogen-bond acceptors (Lipinski definition) is 5. The number of benzene rings is 3. The molecular formula is C28H24N4O4. The summed E-state index contributed by atoms with van der Waals surface area (Å²) in [4.78, 5) is 25.7. The van der Waals surface area contributed by atoms with Gasteiger partial charge in [0.15, 0.2) is 0 Å². The fourth-order valence-corrected chi connectivity index (χ4v) is 4.34. The molecule has 0 spiro atoms. The molecule has 1 aliphatic rings. The molecule has 0 unspecified atom stereocenters. The first-order valence-corrected chi connectivity index (χ1v) is 11.6. The van der Waals surface area contributed by atoms with Crippen LogP contribution in [0.4, 0.5) is 5.69 Å². The maximum atomic E-state index is 13.3. The van der Waals surface area contributed by atoms with Gasteiger partial charge in [-0.25, -0.2) is 4.68 Å². The fourth-order valence-electron chi connectivity index (χ4n) is 4.34. The number of aromatic nitrogens is 2. The van der Waals surface area contributed by atoms with Crippen LogP contribution in [0.2, 0.25) is 0 Å². The minimum absolute atomic E-state index is 0.00315. The van der Waals surface area contributed by atoms with E-state index in [0.29, 0.717) is 24.3 Å². The van der Waals surface area contributed by atoms with Crippen molar-refractivity contribution in [1.82, 2.24) is 14.7 Å². The number of nitrogens with zero attached hydrogens (tertiary/aromatic N) is 4. The van der Waals surface area contributed by atoms with Crippen LogP contribution in [0.25, 0.3) is 22.5 Å². The number of para-hydroxylation sites is 1. The number of carbonyl (C=O) groups excluding carboxylic acids is 1. The van der Waals surface area contributed by atoms with Crippen LogP contribution >= 0.6 is 0 Å². The van der Waals surface area contributed by atoms with E-state index in [4.69, 9.17) is 5.10 Å². The van der Waals surface area contributed by atoms with Gasteiger partial charge < -0.3 is 10.0 Å². The van der Waals surface area contributed by atoms with E-state index >= 15 is 0 Å². The predicted molar refractivity (Wildman–Crippen MR) is 137 cm³/mol. The first-order valence-electron chi connectivity index (χ1n) is 11.6. The van der Waals surface area contributed by atoms with Gasteiger partial charge in [-0.15, -0.1) is 0 Å². The molecule has 0 atom stereocenters. The number of rotatable bonds is 6. The molecule has 0 saturated carbocycles. The SMILES string of the molecule is O=C(Cc1cn(-c2ccccc2)nc1-c1ccc([N+](=O)[O-])cc1)N1CC=C(c2ccc(O)cc2)CC1. The van der Waals surface area contributed by atoms with Crippen LogP contribution in [-0.2, 0) is 11.2 Å². The third-order valence-electron chi connectivity index (χ3n) is 6.30. The molecule has 4 aromatic rings. The maximum absolute atomic E-state index is 13.3. The van der Waals surface area contributed by atoms with E-state index in [9.17, 15) is 20.0 Å². The number of aromatic hydroxyl groups is 1. The predicted octanol–water partition coefficient (Wildman–Crippen LogP) is 5.01. The molecule has 1 N–H and O–H groups in total. The zero-order valence-corrected chi connectivity index (χ0v) is 19.4. The molecular weight excluding hydrogens is 456 g/mol. The molecule has 1 aromatic heterocycles. The summed E-state index contributed by atoms with van der Waals surface area (Å²) in [6.07, 6.45) is 4.81. The summed E-state index contributed by atoms with van der Waals surface area (Å²) in [5, 5.41) is 25.3. The number of nitro benzene ring substituents is 1. The topological polar surface area (TPSA) is 102 Å². The molecule has 3 aromatic carbocycles. The molecule has 5 rings (SSSR count). The average molecular weight is 481 g/mol. The van der Waals surface area contributed by atoms with Gasteiger partial charge >= 0.3 is 0 Å². The summed E-state index contributed by atoms with van der Waals surface area (Å²) in [5.74, 6) is 0.221. The zero-order chi connectivity index (χ0) is 25.1. The Morgan fingerprint density at radius 1 is 0.972 bits per heavy atom. The van der Waals surface area contributed by atoms with Crippen molar-refractivity contribution in [2.24, 2.45) is 0 Å². The summed E-state index contributed by atoms with van der Waals surface area (Å²) in [7, 11) is 0. The summed E-state index contributed by atoms with van der Waals surface area (Å²) >= 11 is 0. The minimum atomic E-state index is -0.437. The monoisotopic (exact) mass is 480 g/mol. The molecule has 2 heterocycles. The highest BCUT2D eigenvalue weighted by Crippen LogP contribution is 2.28. The Hall–Kier alpha value is -4.72. The first kappa shape index (κ1) is 23.0. The molecule has 1 aliphatic heterocycles. The minimum Gasteiger partial charge on any atom is -0.508 e. The molecule has 36 heavy (non-hydrogen) atoms. The van der Waals surface area contributed by atoms with E-state index in [-0.39, 0.29) is 23.8 Å². The van der Waals surface area contributed by atoms with E-state index in [1.165, 1.54) is 12.1 Å². The van der Waals surface area contributed by atoms with E-state index in [0.717, 1.165) is 28.8 Å². The number of amides is 1. The normalized spacial score (nSPS) is 13.3. The number of nitro groups is 1. The van der Waals surface area contributed by atoms with Gasteiger partial charge in [0.1, 0.15) is 5.75 Å². The van der Waals surface area contributed by atoms with Crippen molar-refractivity contribution in [3.63, 3.8) is 0 Å². The lowest BCUT2D eigenvalue weighted by Gasteiger charge is -2.26. The lowest BCUT2D eigenvalue weighted by atomic mass is 9.99. The van der Waals surface area contributed by atoms with Crippen molar-refractivity contribution in [3.05, 3.63) is 112 Å². The van der Waals surface area contributed by atoms with Gasteiger partial charge in [0.2, 0.25) is 5.91 Å². The van der Waals surface area contributed by atoms with E-state index in [2.05, 4.69) is 6.08 Å². The second-order valence-electron chi connectivity index (χ2n) is 8.63. The molecule has 0 fully saturated rings. The second kappa shape index (κ2) is 9.87. The highest BCUT2D eigenvalue weighted by atomic mass is 16.6. The van der Waals surface area contributed by atoms with Crippen LogP contribution in [0.15, 0.2) is 91.1 Å². The van der Waals surface area contributed by atoms with E-state index in [1.807, 2.05) is 53.6 Å². The summed E-state index contributed by atoms with van der Waals surface area (Å²) in [5.41, 5.74) is 5.16. The van der Waals surface area contributed by atoms with Gasteiger partial charge in [-0.05, 0) is 54.0 Å². The Balaban J connectivity index is 1.39. The van der Waals surface area contributed by atoms with E-state index < -0.39 is 4.92 Å². The summed E-state index contributed by atoms with van der Waals surface area (Å²) in [6.45, 7) is 1.11. The van der Waals surface area contributed by atoms with Crippen molar-refractivity contribution in [1.29, 1.82) is 0 Å². The molecule has 0 aliphatic carbocycles. The number of non-ortho nitro benzene ring substituents is 1. The first-order chi connectivity index (χ1) is 17.5. The van der Waals surface area contributed by atoms with Crippen LogP contribution < -0.4 is 0 Å². The van der Waals surface area contributed by atoms with E-state index in [1.54, 1.807) is 28.9 Å². The van der Waals surface area contributed by atoms with Crippen molar-refractivity contribution in [2.45, 2.75) is 12.8 Å². The Bertz CT molecular complexity index is 1420. The van der Waals surface area contributed by atoms with Gasteiger partial charge in [0, 0.05) is 42.5 Å². The Morgan fingerprint density at radius 2 is 1.67 bits per heavy atom. The Kier molecular flexibility index (Phi) is 6.32. The van der Waals surface area contributed by atoms with Crippen molar-refractivity contribution in [3.8, 4) is 22.7 Å². The number of phenolic OH excluding ortho intramolecular Hbond substituents is 1. The average Bonchev–Trinajstić information content (AvgIpc) is 3.33. The van der Waals surface area contributed by atoms with Crippen LogP contribution in [0.3, 0.4) is 0 Å². The zero-order valence-electron chi connectivity index (χ0n) is 19.4. The lowest BCUT2D eigenvalue weighted by molar-refractivity contribution is -0.384. The van der Waals surface area contributed by atoms with Crippen molar-refractivity contribution >= 4 is 17.2 Å². The molecule has 1 amide bonds. The highest BCUT2D eigenvalue weighted by Gasteiger charge is 2.22. The van der Waals surface area contributed by atoms with Crippen molar-refractivity contribution in [2.75, 3.05) is 13.1 Å². The van der Waals surface area contributed by atoms with Gasteiger partial charge in [-0.1, -0.05) is 36.4 Å². The Labute approximate surface area is 207 Å². The molecule has 0 bridgehead atoms. The molecule has 0 saturated heterocycles. The largest absolute Gasteiger partial charge is 0.508 e. The lowest BCUT2D eigenvalue weighted by Crippen LogP contribution is -2.35. The van der Waals surface area contributed by atoms with Crippen LogP contribution in [0.5, 0.6) is 5.75 Å². The van der Waals surface area contributed by atoms with Crippen LogP contribution in [0, 0.1) is 10.1 Å². The van der Waals surface area contributed by atoms with Gasteiger partial charge in [-0.2, -0.15) is 5.10 Å². The summed E-state index contributed by atoms with van der Waals surface area (Å²) < 4.78 is 1.73. The van der Waals surface area contributed by atoms with Crippen LogP contribution in [0.1, 0.15) is 17.5 Å².